The first-order valence-corrected chi connectivity index (χ1v) is 11.4. The molecule has 3 rings (SSSR count). The second kappa shape index (κ2) is 9.56. The second-order valence-electron chi connectivity index (χ2n) is 8.40. The van der Waals surface area contributed by atoms with Gasteiger partial charge in [0, 0.05) is 10.0 Å². The zero-order chi connectivity index (χ0) is 23.7. The number of benzene rings is 2. The Morgan fingerprint density at radius 2 is 1.03 bits per heavy atom. The van der Waals surface area contributed by atoms with Gasteiger partial charge in [0.05, 0.1) is 34.2 Å². The van der Waals surface area contributed by atoms with Gasteiger partial charge in [-0.2, -0.15) is 0 Å². The maximum atomic E-state index is 6.46. The summed E-state index contributed by atoms with van der Waals surface area (Å²) >= 11 is 12.9. The van der Waals surface area contributed by atoms with Crippen LogP contribution in [0, 0.1) is 41.5 Å². The lowest BCUT2D eigenvalue weighted by Gasteiger charge is -2.12. The maximum Gasteiger partial charge on any atom is 0.0849 e. The third-order valence-corrected chi connectivity index (χ3v) is 6.89. The van der Waals surface area contributed by atoms with Gasteiger partial charge in [0.1, 0.15) is 0 Å². The van der Waals surface area contributed by atoms with E-state index in [1.54, 1.807) is 0 Å². The maximum absolute atomic E-state index is 6.46. The van der Waals surface area contributed by atoms with Crippen LogP contribution in [0.5, 0.6) is 0 Å². The van der Waals surface area contributed by atoms with E-state index in [2.05, 4.69) is 26.0 Å². The predicted octanol–water partition coefficient (Wildman–Crippen LogP) is 8.52. The second-order valence-corrected chi connectivity index (χ2v) is 9.15. The van der Waals surface area contributed by atoms with E-state index in [1.807, 2.05) is 59.7 Å². The van der Waals surface area contributed by atoms with E-state index in [9.17, 15) is 0 Å². The van der Waals surface area contributed by atoms with Crippen molar-refractivity contribution in [2.45, 2.75) is 55.4 Å². The minimum atomic E-state index is 0.759. The number of hydrogen-bond acceptors (Lipinski definition) is 3. The largest absolute Gasteiger partial charge is 0.251 e. The molecule has 0 radical (unpaired) electrons. The molecule has 0 bridgehead atoms. The Kier molecular flexibility index (Phi) is 7.22. The summed E-state index contributed by atoms with van der Waals surface area (Å²) in [6.07, 6.45) is 0. The summed E-state index contributed by atoms with van der Waals surface area (Å²) < 4.78 is 0. The van der Waals surface area contributed by atoms with Crippen LogP contribution in [0.15, 0.2) is 40.3 Å². The molecule has 0 atom stereocenters. The van der Waals surface area contributed by atoms with Crippen molar-refractivity contribution in [2.24, 2.45) is 9.98 Å². The van der Waals surface area contributed by atoms with Crippen molar-refractivity contribution >= 4 is 46.0 Å². The van der Waals surface area contributed by atoms with E-state index < -0.39 is 0 Å². The van der Waals surface area contributed by atoms with Crippen molar-refractivity contribution in [1.82, 2.24) is 4.98 Å². The fourth-order valence-electron chi connectivity index (χ4n) is 3.94. The zero-order valence-electron chi connectivity index (χ0n) is 20.0. The summed E-state index contributed by atoms with van der Waals surface area (Å²) in [7, 11) is 0. The summed E-state index contributed by atoms with van der Waals surface area (Å²) in [6, 6.07) is 10.1. The van der Waals surface area contributed by atoms with Crippen molar-refractivity contribution < 1.29 is 0 Å². The summed E-state index contributed by atoms with van der Waals surface area (Å²) in [5, 5.41) is 1.52. The quantitative estimate of drug-likeness (QED) is 0.355. The van der Waals surface area contributed by atoms with Crippen LogP contribution in [-0.2, 0) is 0 Å². The molecule has 0 unspecified atom stereocenters. The lowest BCUT2D eigenvalue weighted by Crippen LogP contribution is -2.05. The summed E-state index contributed by atoms with van der Waals surface area (Å²) in [5.74, 6) is 0. The van der Waals surface area contributed by atoms with Gasteiger partial charge in [-0.15, -0.1) is 0 Å². The van der Waals surface area contributed by atoms with E-state index >= 15 is 0 Å². The lowest BCUT2D eigenvalue weighted by molar-refractivity contribution is 1.22. The Morgan fingerprint density at radius 1 is 0.656 bits per heavy atom. The number of pyridine rings is 1. The molecular weight excluding hydrogens is 437 g/mol. The van der Waals surface area contributed by atoms with Crippen LogP contribution in [0.1, 0.15) is 58.6 Å². The fraction of sp³-hybridized carbons (Fsp3) is 0.296. The Morgan fingerprint density at radius 3 is 1.41 bits per heavy atom. The van der Waals surface area contributed by atoms with Crippen LogP contribution < -0.4 is 0 Å². The normalized spacial score (nSPS) is 12.4. The molecule has 0 amide bonds. The minimum Gasteiger partial charge on any atom is -0.251 e. The van der Waals surface area contributed by atoms with Crippen LogP contribution in [0.25, 0.3) is 0 Å². The average molecular weight is 466 g/mol. The fourth-order valence-corrected chi connectivity index (χ4v) is 4.22. The molecule has 0 saturated heterocycles. The van der Waals surface area contributed by atoms with Crippen LogP contribution in [0.4, 0.5) is 11.4 Å². The molecule has 1 heterocycles. The predicted molar refractivity (Wildman–Crippen MR) is 139 cm³/mol. The van der Waals surface area contributed by atoms with Crippen LogP contribution in [0.2, 0.25) is 10.0 Å². The number of rotatable bonds is 4. The molecule has 3 nitrogen and oxygen atoms in total. The number of hydrogen-bond donors (Lipinski definition) is 0. The van der Waals surface area contributed by atoms with Crippen molar-refractivity contribution in [3.63, 3.8) is 0 Å². The highest BCUT2D eigenvalue weighted by Gasteiger charge is 2.12. The van der Waals surface area contributed by atoms with Crippen LogP contribution >= 0.6 is 23.2 Å². The molecule has 0 aliphatic carbocycles. The molecule has 32 heavy (non-hydrogen) atoms. The Labute approximate surface area is 201 Å². The van der Waals surface area contributed by atoms with Gasteiger partial charge in [-0.05, 0) is 101 Å². The van der Waals surface area contributed by atoms with Gasteiger partial charge in [0.2, 0.25) is 0 Å². The smallest absolute Gasteiger partial charge is 0.0849 e. The third kappa shape index (κ3) is 4.79. The zero-order valence-corrected chi connectivity index (χ0v) is 21.5. The van der Waals surface area contributed by atoms with Crippen molar-refractivity contribution in [1.29, 1.82) is 0 Å². The summed E-state index contributed by atoms with van der Waals surface area (Å²) in [4.78, 5) is 14.6. The Balaban J connectivity index is 2.03. The van der Waals surface area contributed by atoms with E-state index in [0.29, 0.717) is 0 Å². The number of halogens is 2. The van der Waals surface area contributed by atoms with Gasteiger partial charge in [0.15, 0.2) is 0 Å². The van der Waals surface area contributed by atoms with Crippen molar-refractivity contribution in [3.8, 4) is 0 Å². The molecule has 0 N–H and O–H groups in total. The molecule has 2 aromatic carbocycles. The SMILES string of the molecule is CC(=Nc1c(C)cc(C)c(Cl)c1C)c1cccc(C(C)=Nc2c(C)cc(C)c(Cl)c2C)n1. The highest BCUT2D eigenvalue weighted by atomic mass is 35.5. The number of aromatic nitrogens is 1. The third-order valence-electron chi connectivity index (χ3n) is 5.72. The van der Waals surface area contributed by atoms with E-state index in [4.69, 9.17) is 38.2 Å². The van der Waals surface area contributed by atoms with E-state index in [-0.39, 0.29) is 0 Å². The monoisotopic (exact) mass is 465 g/mol. The number of aryl methyl sites for hydroxylation is 4. The molecule has 0 spiro atoms. The summed E-state index contributed by atoms with van der Waals surface area (Å²) in [6.45, 7) is 16.1. The molecule has 5 heteroatoms. The van der Waals surface area contributed by atoms with E-state index in [1.165, 1.54) is 0 Å². The topological polar surface area (TPSA) is 37.6 Å². The first kappa shape index (κ1) is 24.2. The van der Waals surface area contributed by atoms with Gasteiger partial charge in [-0.25, -0.2) is 4.98 Å². The number of aliphatic imine (C=N–C) groups is 2. The van der Waals surface area contributed by atoms with Gasteiger partial charge in [-0.1, -0.05) is 41.4 Å². The molecule has 0 fully saturated rings. The molecule has 0 aliphatic heterocycles. The van der Waals surface area contributed by atoms with Crippen LogP contribution in [0.3, 0.4) is 0 Å². The number of nitrogens with zero attached hydrogens (tertiary/aromatic N) is 3. The Bertz CT molecular complexity index is 1180. The summed E-state index contributed by atoms with van der Waals surface area (Å²) in [5.41, 5.74) is 11.4. The lowest BCUT2D eigenvalue weighted by atomic mass is 10.0. The molecule has 0 aliphatic rings. The first-order valence-electron chi connectivity index (χ1n) is 10.6. The highest BCUT2D eigenvalue weighted by Crippen LogP contribution is 2.34. The first-order chi connectivity index (χ1) is 15.0. The van der Waals surface area contributed by atoms with Gasteiger partial charge < -0.3 is 0 Å². The molecule has 3 aromatic rings. The van der Waals surface area contributed by atoms with Gasteiger partial charge >= 0.3 is 0 Å². The van der Waals surface area contributed by atoms with E-state index in [0.717, 1.165) is 77.6 Å². The average Bonchev–Trinajstić information content (AvgIpc) is 2.76. The van der Waals surface area contributed by atoms with Crippen LogP contribution in [-0.4, -0.2) is 16.4 Å². The van der Waals surface area contributed by atoms with Gasteiger partial charge in [-0.3, -0.25) is 9.98 Å². The molecule has 166 valence electrons. The molecule has 1 aromatic heterocycles. The van der Waals surface area contributed by atoms with Crippen molar-refractivity contribution in [3.05, 3.63) is 85.1 Å². The standard InChI is InChI=1S/C27H29Cl2N3/c1-14-12-16(3)26(18(5)24(14)28)30-20(7)22-10-9-11-23(32-22)21(8)31-27-17(4)13-15(2)25(29)19(27)6/h9-13H,1-8H3. The minimum absolute atomic E-state index is 0.759. The Hall–Kier alpha value is -2.49. The van der Waals surface area contributed by atoms with Gasteiger partial charge in [0.25, 0.3) is 0 Å². The molecular formula is C27H29Cl2N3. The highest BCUT2D eigenvalue weighted by molar-refractivity contribution is 6.33. The van der Waals surface area contributed by atoms with Crippen molar-refractivity contribution in [2.75, 3.05) is 0 Å². The molecule has 0 saturated carbocycles.